The molecular formula is C21H13BrO3S. The van der Waals surface area contributed by atoms with E-state index >= 15 is 0 Å². The smallest absolute Gasteiger partial charge is 0.195 e. The maximum absolute atomic E-state index is 13.3. The van der Waals surface area contributed by atoms with E-state index in [2.05, 4.69) is 15.9 Å². The highest BCUT2D eigenvalue weighted by molar-refractivity contribution is 9.10. The normalized spacial score (nSPS) is 11.0. The molecule has 0 fully saturated rings. The fourth-order valence-corrected chi connectivity index (χ4v) is 4.46. The molecule has 4 aromatic rings. The third-order valence-electron chi connectivity index (χ3n) is 4.16. The Labute approximate surface area is 162 Å². The Balaban J connectivity index is 1.95. The van der Waals surface area contributed by atoms with Gasteiger partial charge in [0.25, 0.3) is 0 Å². The van der Waals surface area contributed by atoms with E-state index in [4.69, 9.17) is 0 Å². The number of thiophene rings is 1. The van der Waals surface area contributed by atoms with Crippen LogP contribution in [0.25, 0.3) is 20.5 Å². The van der Waals surface area contributed by atoms with Gasteiger partial charge in [-0.2, -0.15) is 0 Å². The number of phenols is 2. The van der Waals surface area contributed by atoms with E-state index in [9.17, 15) is 15.0 Å². The molecule has 0 bridgehead atoms. The van der Waals surface area contributed by atoms with E-state index in [0.29, 0.717) is 15.6 Å². The van der Waals surface area contributed by atoms with E-state index in [-0.39, 0.29) is 17.3 Å². The first kappa shape index (κ1) is 16.8. The molecule has 3 aromatic carbocycles. The van der Waals surface area contributed by atoms with E-state index in [0.717, 1.165) is 20.5 Å². The van der Waals surface area contributed by atoms with Crippen LogP contribution in [0, 0.1) is 0 Å². The molecule has 0 saturated heterocycles. The molecule has 0 aliphatic rings. The predicted molar refractivity (Wildman–Crippen MR) is 108 cm³/mol. The second-order valence-electron chi connectivity index (χ2n) is 5.84. The highest BCUT2D eigenvalue weighted by atomic mass is 79.9. The van der Waals surface area contributed by atoms with E-state index in [1.165, 1.54) is 6.07 Å². The van der Waals surface area contributed by atoms with Crippen LogP contribution in [-0.2, 0) is 0 Å². The number of hydrogen-bond acceptors (Lipinski definition) is 4. The zero-order valence-corrected chi connectivity index (χ0v) is 15.8. The van der Waals surface area contributed by atoms with Gasteiger partial charge >= 0.3 is 0 Å². The average molecular weight is 425 g/mol. The first-order valence-corrected chi connectivity index (χ1v) is 9.49. The third-order valence-corrected chi connectivity index (χ3v) is 6.02. The number of carbonyl (C=O) groups excluding carboxylic acids is 1. The Bertz CT molecular complexity index is 1130. The number of phenolic OH excluding ortho intramolecular Hbond substituents is 2. The molecule has 0 radical (unpaired) electrons. The second kappa shape index (κ2) is 6.59. The minimum atomic E-state index is -0.105. The van der Waals surface area contributed by atoms with Crippen LogP contribution < -0.4 is 0 Å². The van der Waals surface area contributed by atoms with Crippen molar-refractivity contribution >= 4 is 43.1 Å². The van der Waals surface area contributed by atoms with Crippen LogP contribution >= 0.6 is 27.3 Å². The van der Waals surface area contributed by atoms with Gasteiger partial charge in [0.15, 0.2) is 5.78 Å². The van der Waals surface area contributed by atoms with Crippen LogP contribution in [-0.4, -0.2) is 16.0 Å². The second-order valence-corrected chi connectivity index (χ2v) is 7.75. The zero-order chi connectivity index (χ0) is 18.3. The fourth-order valence-electron chi connectivity index (χ4n) is 2.88. The summed E-state index contributed by atoms with van der Waals surface area (Å²) >= 11 is 4.82. The largest absolute Gasteiger partial charge is 0.508 e. The van der Waals surface area contributed by atoms with Gasteiger partial charge in [0, 0.05) is 26.1 Å². The number of hydrogen-bond donors (Lipinski definition) is 2. The molecular weight excluding hydrogens is 412 g/mol. The van der Waals surface area contributed by atoms with Crippen molar-refractivity contribution in [2.45, 2.75) is 0 Å². The predicted octanol–water partition coefficient (Wildman–Crippen LogP) is 5.97. The summed E-state index contributed by atoms with van der Waals surface area (Å²) in [6.07, 6.45) is 0. The van der Waals surface area contributed by atoms with Crippen molar-refractivity contribution in [1.29, 1.82) is 0 Å². The van der Waals surface area contributed by atoms with Crippen LogP contribution in [0.2, 0.25) is 0 Å². The lowest BCUT2D eigenvalue weighted by molar-refractivity contribution is 0.104. The first-order valence-electron chi connectivity index (χ1n) is 7.89. The minimum absolute atomic E-state index is 0.0930. The number of halogens is 1. The molecule has 0 atom stereocenters. The molecule has 128 valence electrons. The fraction of sp³-hybridized carbons (Fsp3) is 0. The third kappa shape index (κ3) is 2.89. The minimum Gasteiger partial charge on any atom is -0.508 e. The Hall–Kier alpha value is -2.63. The molecule has 0 aliphatic carbocycles. The van der Waals surface area contributed by atoms with Gasteiger partial charge in [0.05, 0.1) is 4.47 Å². The summed E-state index contributed by atoms with van der Waals surface area (Å²) in [5.41, 5.74) is 2.01. The molecule has 0 amide bonds. The molecule has 0 aliphatic heterocycles. The Morgan fingerprint density at radius 2 is 1.65 bits per heavy atom. The first-order chi connectivity index (χ1) is 12.5. The molecule has 2 N–H and O–H groups in total. The van der Waals surface area contributed by atoms with E-state index in [1.54, 1.807) is 35.6 Å². The summed E-state index contributed by atoms with van der Waals surface area (Å²) in [7, 11) is 0. The van der Waals surface area contributed by atoms with Gasteiger partial charge in [-0.05, 0) is 70.0 Å². The summed E-state index contributed by atoms with van der Waals surface area (Å²) < 4.78 is 1.51. The van der Waals surface area contributed by atoms with Gasteiger partial charge in [0.1, 0.15) is 11.5 Å². The molecule has 0 unspecified atom stereocenters. The number of fused-ring (bicyclic) bond motifs is 1. The Morgan fingerprint density at radius 1 is 0.923 bits per heavy atom. The Kier molecular flexibility index (Phi) is 4.26. The number of benzene rings is 3. The van der Waals surface area contributed by atoms with Crippen molar-refractivity contribution < 1.29 is 15.0 Å². The van der Waals surface area contributed by atoms with Gasteiger partial charge in [-0.25, -0.2) is 0 Å². The maximum Gasteiger partial charge on any atom is 0.195 e. The monoisotopic (exact) mass is 424 g/mol. The Morgan fingerprint density at radius 3 is 2.38 bits per heavy atom. The highest BCUT2D eigenvalue weighted by Gasteiger charge is 2.21. The van der Waals surface area contributed by atoms with Crippen molar-refractivity contribution in [2.24, 2.45) is 0 Å². The van der Waals surface area contributed by atoms with Crippen LogP contribution in [0.1, 0.15) is 15.9 Å². The number of aromatic hydroxyl groups is 2. The zero-order valence-electron chi connectivity index (χ0n) is 13.4. The molecule has 1 aromatic heterocycles. The molecule has 4 rings (SSSR count). The molecule has 1 heterocycles. The summed E-state index contributed by atoms with van der Waals surface area (Å²) in [4.78, 5) is 14.2. The molecule has 26 heavy (non-hydrogen) atoms. The van der Waals surface area contributed by atoms with E-state index < -0.39 is 0 Å². The van der Waals surface area contributed by atoms with Crippen molar-refractivity contribution in [3.05, 3.63) is 82.3 Å². The topological polar surface area (TPSA) is 57.5 Å². The quantitative estimate of drug-likeness (QED) is 0.398. The molecule has 0 spiro atoms. The lowest BCUT2D eigenvalue weighted by atomic mass is 9.97. The number of carbonyl (C=O) groups is 1. The summed E-state index contributed by atoms with van der Waals surface area (Å²) in [5.74, 6) is 0.173. The standard InChI is InChI=1S/C21H13BrO3S/c22-16-11-13(7-10-17(16)24)20(25)19-15-3-1-2-4-18(15)26-21(19)12-5-8-14(23)9-6-12/h1-11,23-24H. The van der Waals surface area contributed by atoms with Gasteiger partial charge < -0.3 is 10.2 Å². The average Bonchev–Trinajstić information content (AvgIpc) is 3.03. The van der Waals surface area contributed by atoms with Crippen LogP contribution in [0.5, 0.6) is 11.5 Å². The van der Waals surface area contributed by atoms with Gasteiger partial charge in [-0.1, -0.05) is 18.2 Å². The molecule has 3 nitrogen and oxygen atoms in total. The molecule has 5 heteroatoms. The van der Waals surface area contributed by atoms with Crippen molar-refractivity contribution in [1.82, 2.24) is 0 Å². The SMILES string of the molecule is O=C(c1ccc(O)c(Br)c1)c1c(-c2ccc(O)cc2)sc2ccccc12. The lowest BCUT2D eigenvalue weighted by Gasteiger charge is -2.06. The maximum atomic E-state index is 13.3. The molecule has 0 saturated carbocycles. The van der Waals surface area contributed by atoms with Crippen molar-refractivity contribution in [2.75, 3.05) is 0 Å². The van der Waals surface area contributed by atoms with Gasteiger partial charge in [-0.15, -0.1) is 11.3 Å². The van der Waals surface area contributed by atoms with Crippen LogP contribution in [0.15, 0.2) is 71.2 Å². The van der Waals surface area contributed by atoms with Gasteiger partial charge in [-0.3, -0.25) is 4.79 Å². The summed E-state index contributed by atoms with van der Waals surface area (Å²) in [5, 5.41) is 20.2. The van der Waals surface area contributed by atoms with Crippen molar-refractivity contribution in [3.63, 3.8) is 0 Å². The van der Waals surface area contributed by atoms with Crippen LogP contribution in [0.3, 0.4) is 0 Å². The van der Waals surface area contributed by atoms with E-state index in [1.807, 2.05) is 36.4 Å². The lowest BCUT2D eigenvalue weighted by Crippen LogP contribution is -2.02. The van der Waals surface area contributed by atoms with Crippen molar-refractivity contribution in [3.8, 4) is 21.9 Å². The van der Waals surface area contributed by atoms with Crippen LogP contribution in [0.4, 0.5) is 0 Å². The summed E-state index contributed by atoms with van der Waals surface area (Å²) in [6, 6.07) is 19.4. The number of ketones is 1. The number of rotatable bonds is 3. The highest BCUT2D eigenvalue weighted by Crippen LogP contribution is 2.40. The summed E-state index contributed by atoms with van der Waals surface area (Å²) in [6.45, 7) is 0. The van der Waals surface area contributed by atoms with Gasteiger partial charge in [0.2, 0.25) is 0 Å².